The number of nitro groups is 1. The molecule has 0 saturated heterocycles. The second kappa shape index (κ2) is 9.75. The SMILES string of the molecule is COc1cc(N(C)CCN(C)C)c([N+](=O)[O-])cc1Nc1nccc(-n2ccc3ccccc32)n1. The van der Waals surface area contributed by atoms with Gasteiger partial charge in [0, 0.05) is 44.7 Å². The number of likely N-dealkylation sites (N-methyl/N-ethyl adjacent to an activating group) is 2. The predicted octanol–water partition coefficient (Wildman–Crippen LogP) is 4.08. The van der Waals surface area contributed by atoms with E-state index in [1.54, 1.807) is 18.3 Å². The Hall–Kier alpha value is -4.18. The number of nitrogens with one attached hydrogen (secondary N) is 1. The third kappa shape index (κ3) is 4.76. The van der Waals surface area contributed by atoms with E-state index >= 15 is 0 Å². The van der Waals surface area contributed by atoms with E-state index in [-0.39, 0.29) is 5.69 Å². The number of nitrogens with zero attached hydrogens (tertiary/aromatic N) is 6. The molecule has 10 heteroatoms. The van der Waals surface area contributed by atoms with Crippen molar-refractivity contribution in [3.05, 3.63) is 71.0 Å². The number of nitro benzene ring substituents is 1. The molecular weight excluding hydrogens is 434 g/mol. The topological polar surface area (TPSA) is 102 Å². The quantitative estimate of drug-likeness (QED) is 0.294. The first-order valence-corrected chi connectivity index (χ1v) is 10.8. The van der Waals surface area contributed by atoms with E-state index in [2.05, 4.69) is 15.3 Å². The highest BCUT2D eigenvalue weighted by Crippen LogP contribution is 2.38. The minimum atomic E-state index is -0.394. The van der Waals surface area contributed by atoms with Crippen LogP contribution < -0.4 is 15.0 Å². The molecule has 0 saturated carbocycles. The molecule has 2 aromatic heterocycles. The Kier molecular flexibility index (Phi) is 6.60. The number of aromatic nitrogens is 3. The summed E-state index contributed by atoms with van der Waals surface area (Å²) in [6.07, 6.45) is 3.59. The molecule has 1 N–H and O–H groups in total. The molecule has 34 heavy (non-hydrogen) atoms. The van der Waals surface area contributed by atoms with Gasteiger partial charge in [0.2, 0.25) is 5.95 Å². The Bertz CT molecular complexity index is 1320. The standard InChI is InChI=1S/C24H27N7O3/c1-28(2)13-14-29(3)20-16-22(34-4)18(15-21(20)31(32)33)26-24-25-11-9-23(27-24)30-12-10-17-7-5-6-8-19(17)30/h5-12,15-16H,13-14H2,1-4H3,(H,25,26,27). The lowest BCUT2D eigenvalue weighted by Gasteiger charge is -2.22. The van der Waals surface area contributed by atoms with E-state index in [9.17, 15) is 10.1 Å². The van der Waals surface area contributed by atoms with Gasteiger partial charge in [-0.1, -0.05) is 18.2 Å². The van der Waals surface area contributed by atoms with Crippen LogP contribution in [0.4, 0.5) is 23.0 Å². The zero-order chi connectivity index (χ0) is 24.2. The van der Waals surface area contributed by atoms with E-state index in [1.807, 2.05) is 72.0 Å². The smallest absolute Gasteiger partial charge is 0.294 e. The van der Waals surface area contributed by atoms with Crippen LogP contribution in [0.1, 0.15) is 0 Å². The molecule has 0 spiro atoms. The summed E-state index contributed by atoms with van der Waals surface area (Å²) in [4.78, 5) is 24.3. The Morgan fingerprint density at radius 1 is 1.12 bits per heavy atom. The number of benzene rings is 2. The van der Waals surface area contributed by atoms with Crippen molar-refractivity contribution in [1.29, 1.82) is 0 Å². The molecule has 0 bridgehead atoms. The van der Waals surface area contributed by atoms with Crippen molar-refractivity contribution in [3.8, 4) is 11.6 Å². The maximum absolute atomic E-state index is 11.9. The van der Waals surface area contributed by atoms with Gasteiger partial charge in [-0.15, -0.1) is 0 Å². The van der Waals surface area contributed by atoms with Crippen molar-refractivity contribution in [2.75, 3.05) is 51.6 Å². The molecule has 0 atom stereocenters. The second-order valence-electron chi connectivity index (χ2n) is 8.13. The molecule has 0 aliphatic carbocycles. The molecule has 0 aliphatic rings. The van der Waals surface area contributed by atoms with Crippen LogP contribution in [0.25, 0.3) is 16.7 Å². The average molecular weight is 462 g/mol. The Balaban J connectivity index is 1.68. The first-order chi connectivity index (χ1) is 16.4. The van der Waals surface area contributed by atoms with Gasteiger partial charge in [-0.05, 0) is 37.7 Å². The van der Waals surface area contributed by atoms with Crippen LogP contribution in [0.2, 0.25) is 0 Å². The highest BCUT2D eigenvalue weighted by molar-refractivity contribution is 5.81. The van der Waals surface area contributed by atoms with E-state index in [1.165, 1.54) is 13.2 Å². The molecule has 2 heterocycles. The summed E-state index contributed by atoms with van der Waals surface area (Å²) in [5, 5.41) is 16.1. The minimum Gasteiger partial charge on any atom is -0.494 e. The highest BCUT2D eigenvalue weighted by atomic mass is 16.6. The summed E-state index contributed by atoms with van der Waals surface area (Å²) in [5.74, 6) is 1.43. The van der Waals surface area contributed by atoms with Crippen molar-refractivity contribution in [1.82, 2.24) is 19.4 Å². The molecule has 4 rings (SSSR count). The number of methoxy groups -OCH3 is 1. The molecule has 0 unspecified atom stereocenters. The molecular formula is C24H27N7O3. The number of rotatable bonds is 9. The lowest BCUT2D eigenvalue weighted by atomic mass is 10.2. The van der Waals surface area contributed by atoms with Crippen LogP contribution in [-0.2, 0) is 0 Å². The second-order valence-corrected chi connectivity index (χ2v) is 8.13. The summed E-state index contributed by atoms with van der Waals surface area (Å²) in [6.45, 7) is 1.38. The molecule has 0 fully saturated rings. The van der Waals surface area contributed by atoms with Crippen LogP contribution in [0.5, 0.6) is 5.75 Å². The first-order valence-electron chi connectivity index (χ1n) is 10.8. The molecule has 10 nitrogen and oxygen atoms in total. The van der Waals surface area contributed by atoms with Crippen molar-refractivity contribution in [2.45, 2.75) is 0 Å². The fourth-order valence-electron chi connectivity index (χ4n) is 3.69. The van der Waals surface area contributed by atoms with Gasteiger partial charge in [-0.2, -0.15) is 4.98 Å². The fourth-order valence-corrected chi connectivity index (χ4v) is 3.69. The number of hydrogen-bond acceptors (Lipinski definition) is 8. The van der Waals surface area contributed by atoms with E-state index in [0.29, 0.717) is 35.4 Å². The maximum Gasteiger partial charge on any atom is 0.294 e. The summed E-state index contributed by atoms with van der Waals surface area (Å²) < 4.78 is 7.51. The lowest BCUT2D eigenvalue weighted by molar-refractivity contribution is -0.384. The molecule has 0 aliphatic heterocycles. The third-order valence-corrected chi connectivity index (χ3v) is 5.52. The van der Waals surface area contributed by atoms with Crippen molar-refractivity contribution < 1.29 is 9.66 Å². The van der Waals surface area contributed by atoms with E-state index in [0.717, 1.165) is 17.4 Å². The number of para-hydroxylation sites is 1. The van der Waals surface area contributed by atoms with Crippen LogP contribution in [-0.4, -0.2) is 65.7 Å². The van der Waals surface area contributed by atoms with Crippen molar-refractivity contribution in [2.24, 2.45) is 0 Å². The van der Waals surface area contributed by atoms with Gasteiger partial charge in [-0.3, -0.25) is 10.1 Å². The summed E-state index contributed by atoms with van der Waals surface area (Å²) >= 11 is 0. The van der Waals surface area contributed by atoms with Gasteiger partial charge in [0.15, 0.2) is 0 Å². The minimum absolute atomic E-state index is 0.0304. The zero-order valence-corrected chi connectivity index (χ0v) is 19.6. The predicted molar refractivity (Wildman–Crippen MR) is 134 cm³/mol. The Morgan fingerprint density at radius 2 is 1.91 bits per heavy atom. The number of fused-ring (bicyclic) bond motifs is 1. The Morgan fingerprint density at radius 3 is 2.65 bits per heavy atom. The molecule has 0 radical (unpaired) electrons. The van der Waals surface area contributed by atoms with Gasteiger partial charge < -0.3 is 24.4 Å². The number of anilines is 3. The zero-order valence-electron chi connectivity index (χ0n) is 19.6. The van der Waals surface area contributed by atoms with Gasteiger partial charge in [0.25, 0.3) is 5.69 Å². The van der Waals surface area contributed by atoms with Crippen molar-refractivity contribution in [3.63, 3.8) is 0 Å². The normalized spacial score (nSPS) is 11.1. The maximum atomic E-state index is 11.9. The van der Waals surface area contributed by atoms with Gasteiger partial charge in [-0.25, -0.2) is 4.98 Å². The van der Waals surface area contributed by atoms with Crippen LogP contribution in [0.3, 0.4) is 0 Å². The summed E-state index contributed by atoms with van der Waals surface area (Å²) in [7, 11) is 7.27. The summed E-state index contributed by atoms with van der Waals surface area (Å²) in [5.41, 5.74) is 1.87. The van der Waals surface area contributed by atoms with E-state index in [4.69, 9.17) is 4.74 Å². The Labute approximate surface area is 197 Å². The van der Waals surface area contributed by atoms with Crippen LogP contribution in [0, 0.1) is 10.1 Å². The summed E-state index contributed by atoms with van der Waals surface area (Å²) in [6, 6.07) is 15.0. The van der Waals surface area contributed by atoms with Crippen LogP contribution >= 0.6 is 0 Å². The number of ether oxygens (including phenoxy) is 1. The fraction of sp³-hybridized carbons (Fsp3) is 0.250. The largest absolute Gasteiger partial charge is 0.494 e. The first kappa shape index (κ1) is 23.0. The third-order valence-electron chi connectivity index (χ3n) is 5.52. The van der Waals surface area contributed by atoms with Gasteiger partial charge in [0.1, 0.15) is 17.3 Å². The molecule has 2 aromatic carbocycles. The van der Waals surface area contributed by atoms with E-state index < -0.39 is 4.92 Å². The van der Waals surface area contributed by atoms with Crippen molar-refractivity contribution >= 4 is 33.9 Å². The molecule has 4 aromatic rings. The average Bonchev–Trinajstić information content (AvgIpc) is 3.26. The highest BCUT2D eigenvalue weighted by Gasteiger charge is 2.22. The molecule has 0 amide bonds. The lowest BCUT2D eigenvalue weighted by Crippen LogP contribution is -2.28. The van der Waals surface area contributed by atoms with Gasteiger partial charge in [0.05, 0.1) is 23.2 Å². The molecule has 176 valence electrons. The van der Waals surface area contributed by atoms with Crippen LogP contribution in [0.15, 0.2) is 60.9 Å². The monoisotopic (exact) mass is 461 g/mol. The van der Waals surface area contributed by atoms with Gasteiger partial charge >= 0.3 is 0 Å². The number of hydrogen-bond donors (Lipinski definition) is 1.